The van der Waals surface area contributed by atoms with Gasteiger partial charge in [0.2, 0.25) is 0 Å². The number of Topliss-reactive ketones (excluding diaryl/α,β-unsaturated/α-hetero) is 1. The molecule has 0 saturated heterocycles. The molecule has 3 nitrogen and oxygen atoms in total. The largest absolute Gasteiger partial charge is 0.494 e. The quantitative estimate of drug-likeness (QED) is 0.700. The third-order valence-corrected chi connectivity index (χ3v) is 2.24. The highest BCUT2D eigenvalue weighted by molar-refractivity contribution is 5.97. The van der Waals surface area contributed by atoms with Gasteiger partial charge in [0.05, 0.1) is 12.6 Å². The minimum Gasteiger partial charge on any atom is -0.494 e. The van der Waals surface area contributed by atoms with Gasteiger partial charge in [0.1, 0.15) is 11.4 Å². The molecule has 0 N–H and O–H groups in total. The number of benzene rings is 1. The highest BCUT2D eigenvalue weighted by Gasteiger charge is 2.10. The van der Waals surface area contributed by atoms with Crippen LogP contribution in [-0.4, -0.2) is 17.9 Å². The van der Waals surface area contributed by atoms with Crippen LogP contribution in [-0.2, 0) is 0 Å². The molecule has 0 saturated carbocycles. The maximum atomic E-state index is 11.3. The zero-order valence-corrected chi connectivity index (χ0v) is 8.65. The Morgan fingerprint density at radius 1 is 1.33 bits per heavy atom. The van der Waals surface area contributed by atoms with Crippen LogP contribution in [0.15, 0.2) is 30.3 Å². The minimum atomic E-state index is -0.0856. The first-order valence-corrected chi connectivity index (χ1v) is 4.67. The maximum Gasteiger partial charge on any atom is 0.181 e. The normalized spacial score (nSPS) is 10.3. The van der Waals surface area contributed by atoms with Gasteiger partial charge >= 0.3 is 0 Å². The third-order valence-electron chi connectivity index (χ3n) is 2.24. The van der Waals surface area contributed by atoms with Crippen LogP contribution in [0.2, 0.25) is 0 Å². The molecule has 0 bridgehead atoms. The van der Waals surface area contributed by atoms with Gasteiger partial charge in [0.25, 0.3) is 0 Å². The fourth-order valence-corrected chi connectivity index (χ4v) is 1.50. The molecular weight excluding hydrogens is 190 g/mol. The predicted molar refractivity (Wildman–Crippen MR) is 58.3 cm³/mol. The van der Waals surface area contributed by atoms with Crippen molar-refractivity contribution in [2.75, 3.05) is 7.11 Å². The Labute approximate surface area is 87.7 Å². The zero-order chi connectivity index (χ0) is 10.8. The van der Waals surface area contributed by atoms with E-state index in [0.717, 1.165) is 10.9 Å². The lowest BCUT2D eigenvalue weighted by molar-refractivity contribution is 0.101. The summed E-state index contributed by atoms with van der Waals surface area (Å²) in [6.45, 7) is 1.49. The number of methoxy groups -OCH3 is 1. The molecule has 0 aliphatic carbocycles. The molecule has 0 aliphatic rings. The summed E-state index contributed by atoms with van der Waals surface area (Å²) in [7, 11) is 1.54. The highest BCUT2D eigenvalue weighted by Crippen LogP contribution is 2.22. The van der Waals surface area contributed by atoms with Crippen LogP contribution >= 0.6 is 0 Å². The first-order chi connectivity index (χ1) is 7.22. The van der Waals surface area contributed by atoms with Gasteiger partial charge in [-0.05, 0) is 12.1 Å². The average Bonchev–Trinajstić information content (AvgIpc) is 2.27. The third kappa shape index (κ3) is 1.68. The van der Waals surface area contributed by atoms with Crippen molar-refractivity contribution in [3.8, 4) is 5.75 Å². The summed E-state index contributed by atoms with van der Waals surface area (Å²) >= 11 is 0. The zero-order valence-electron chi connectivity index (χ0n) is 8.65. The van der Waals surface area contributed by atoms with Crippen LogP contribution in [0.25, 0.3) is 10.9 Å². The second kappa shape index (κ2) is 3.69. The van der Waals surface area contributed by atoms with Crippen LogP contribution in [0.1, 0.15) is 17.4 Å². The fraction of sp³-hybridized carbons (Fsp3) is 0.167. The second-order valence-electron chi connectivity index (χ2n) is 3.29. The maximum absolute atomic E-state index is 11.3. The van der Waals surface area contributed by atoms with E-state index >= 15 is 0 Å². The number of para-hydroxylation sites is 1. The van der Waals surface area contributed by atoms with Gasteiger partial charge in [-0.15, -0.1) is 0 Å². The number of ketones is 1. The molecule has 0 aliphatic heterocycles. The van der Waals surface area contributed by atoms with Crippen LogP contribution in [0.5, 0.6) is 5.75 Å². The van der Waals surface area contributed by atoms with Gasteiger partial charge in [-0.2, -0.15) is 0 Å². The van der Waals surface area contributed by atoms with E-state index in [-0.39, 0.29) is 5.78 Å². The molecular formula is C12H11NO2. The van der Waals surface area contributed by atoms with E-state index in [2.05, 4.69) is 4.98 Å². The Kier molecular flexibility index (Phi) is 2.37. The number of pyridine rings is 1. The first kappa shape index (κ1) is 9.65. The number of hydrogen-bond acceptors (Lipinski definition) is 3. The van der Waals surface area contributed by atoms with Gasteiger partial charge < -0.3 is 4.74 Å². The molecule has 0 unspecified atom stereocenters. The average molecular weight is 201 g/mol. The Balaban J connectivity index is 2.74. The Hall–Kier alpha value is -1.90. The molecule has 15 heavy (non-hydrogen) atoms. The molecule has 0 amide bonds. The number of rotatable bonds is 2. The molecule has 1 heterocycles. The Morgan fingerprint density at radius 2 is 2.07 bits per heavy atom. The second-order valence-corrected chi connectivity index (χ2v) is 3.29. The van der Waals surface area contributed by atoms with E-state index in [4.69, 9.17) is 4.74 Å². The van der Waals surface area contributed by atoms with Crippen LogP contribution < -0.4 is 4.74 Å². The van der Waals surface area contributed by atoms with E-state index in [9.17, 15) is 4.79 Å². The van der Waals surface area contributed by atoms with Gasteiger partial charge in [-0.3, -0.25) is 4.79 Å². The number of fused-ring (bicyclic) bond motifs is 1. The van der Waals surface area contributed by atoms with E-state index in [0.29, 0.717) is 11.4 Å². The molecule has 0 radical (unpaired) electrons. The smallest absolute Gasteiger partial charge is 0.181 e. The molecule has 0 atom stereocenters. The van der Waals surface area contributed by atoms with Crippen molar-refractivity contribution in [1.29, 1.82) is 0 Å². The van der Waals surface area contributed by atoms with E-state index in [1.807, 2.05) is 30.3 Å². The number of nitrogens with zero attached hydrogens (tertiary/aromatic N) is 1. The minimum absolute atomic E-state index is 0.0856. The standard InChI is InChI=1S/C12H11NO2/c1-8(14)12-11(15-2)7-9-5-3-4-6-10(9)13-12/h3-7H,1-2H3. The van der Waals surface area contributed by atoms with Crippen molar-refractivity contribution < 1.29 is 9.53 Å². The monoisotopic (exact) mass is 201 g/mol. The molecule has 3 heteroatoms. The van der Waals surface area contributed by atoms with E-state index in [1.165, 1.54) is 14.0 Å². The van der Waals surface area contributed by atoms with Crippen molar-refractivity contribution in [3.63, 3.8) is 0 Å². The summed E-state index contributed by atoms with van der Waals surface area (Å²) in [6, 6.07) is 9.47. The number of carbonyl (C=O) groups is 1. The van der Waals surface area contributed by atoms with Crippen molar-refractivity contribution in [1.82, 2.24) is 4.98 Å². The topological polar surface area (TPSA) is 39.2 Å². The lowest BCUT2D eigenvalue weighted by atomic mass is 10.1. The van der Waals surface area contributed by atoms with Crippen LogP contribution in [0.4, 0.5) is 0 Å². The van der Waals surface area contributed by atoms with Gasteiger partial charge in [0, 0.05) is 12.3 Å². The molecule has 2 aromatic rings. The summed E-state index contributed by atoms with van der Waals surface area (Å²) < 4.78 is 5.13. The summed E-state index contributed by atoms with van der Waals surface area (Å²) in [5.74, 6) is 0.443. The van der Waals surface area contributed by atoms with E-state index < -0.39 is 0 Å². The SMILES string of the molecule is COc1cc2ccccc2nc1C(C)=O. The molecule has 76 valence electrons. The van der Waals surface area contributed by atoms with Crippen LogP contribution in [0.3, 0.4) is 0 Å². The van der Waals surface area contributed by atoms with Crippen molar-refractivity contribution in [2.45, 2.75) is 6.92 Å². The molecule has 2 rings (SSSR count). The number of carbonyl (C=O) groups excluding carboxylic acids is 1. The summed E-state index contributed by atoms with van der Waals surface area (Å²) in [4.78, 5) is 15.6. The van der Waals surface area contributed by atoms with E-state index in [1.54, 1.807) is 0 Å². The molecule has 1 aromatic heterocycles. The van der Waals surface area contributed by atoms with Gasteiger partial charge in [0.15, 0.2) is 5.78 Å². The summed E-state index contributed by atoms with van der Waals surface area (Å²) in [5.41, 5.74) is 1.19. The van der Waals surface area contributed by atoms with Crippen molar-refractivity contribution in [3.05, 3.63) is 36.0 Å². The van der Waals surface area contributed by atoms with Crippen molar-refractivity contribution in [2.24, 2.45) is 0 Å². The summed E-state index contributed by atoms with van der Waals surface area (Å²) in [6.07, 6.45) is 0. The lowest BCUT2D eigenvalue weighted by Gasteiger charge is -2.06. The lowest BCUT2D eigenvalue weighted by Crippen LogP contribution is -2.01. The summed E-state index contributed by atoms with van der Waals surface area (Å²) in [5, 5.41) is 0.972. The molecule has 0 fully saturated rings. The Morgan fingerprint density at radius 3 is 2.73 bits per heavy atom. The number of aromatic nitrogens is 1. The van der Waals surface area contributed by atoms with Gasteiger partial charge in [-0.25, -0.2) is 4.98 Å². The van der Waals surface area contributed by atoms with Crippen molar-refractivity contribution >= 4 is 16.7 Å². The fourth-order valence-electron chi connectivity index (χ4n) is 1.50. The Bertz CT molecular complexity index is 520. The first-order valence-electron chi connectivity index (χ1n) is 4.67. The highest BCUT2D eigenvalue weighted by atomic mass is 16.5. The predicted octanol–water partition coefficient (Wildman–Crippen LogP) is 2.45. The molecule has 1 aromatic carbocycles. The van der Waals surface area contributed by atoms with Crippen LogP contribution in [0, 0.1) is 0 Å². The van der Waals surface area contributed by atoms with Gasteiger partial charge in [-0.1, -0.05) is 18.2 Å². The number of hydrogen-bond donors (Lipinski definition) is 0. The molecule has 0 spiro atoms. The number of ether oxygens (including phenoxy) is 1.